The van der Waals surface area contributed by atoms with Crippen molar-refractivity contribution in [2.75, 3.05) is 6.61 Å². The SMILES string of the molecule is CC(C)(C)[Si](C)(C)OCC=C=CCCc1ccccc1. The van der Waals surface area contributed by atoms with E-state index in [1.807, 2.05) is 6.08 Å². The maximum atomic E-state index is 6.06. The molecular weight excluding hydrogens is 260 g/mol. The molecule has 0 aromatic heterocycles. The second-order valence-corrected chi connectivity index (χ2v) is 11.5. The lowest BCUT2D eigenvalue weighted by Crippen LogP contribution is -2.40. The Bertz CT molecular complexity index is 448. The number of benzene rings is 1. The summed E-state index contributed by atoms with van der Waals surface area (Å²) in [7, 11) is -1.61. The molecule has 0 saturated heterocycles. The molecule has 2 heteroatoms. The maximum Gasteiger partial charge on any atom is 0.192 e. The monoisotopic (exact) mass is 288 g/mol. The molecule has 0 aliphatic heterocycles. The predicted molar refractivity (Wildman–Crippen MR) is 90.6 cm³/mol. The van der Waals surface area contributed by atoms with Crippen molar-refractivity contribution in [3.05, 3.63) is 53.8 Å². The van der Waals surface area contributed by atoms with Crippen LogP contribution < -0.4 is 0 Å². The van der Waals surface area contributed by atoms with Crippen molar-refractivity contribution < 1.29 is 4.43 Å². The van der Waals surface area contributed by atoms with Gasteiger partial charge in [-0.1, -0.05) is 51.1 Å². The molecule has 0 aliphatic rings. The van der Waals surface area contributed by atoms with Crippen molar-refractivity contribution >= 4 is 8.32 Å². The topological polar surface area (TPSA) is 9.23 Å². The molecule has 0 bridgehead atoms. The van der Waals surface area contributed by atoms with Crippen molar-refractivity contribution in [1.29, 1.82) is 0 Å². The number of rotatable bonds is 6. The molecule has 0 saturated carbocycles. The highest BCUT2D eigenvalue weighted by Gasteiger charge is 2.36. The van der Waals surface area contributed by atoms with Gasteiger partial charge in [0, 0.05) is 0 Å². The van der Waals surface area contributed by atoms with Gasteiger partial charge in [-0.3, -0.25) is 0 Å². The molecule has 1 nitrogen and oxygen atoms in total. The number of hydrogen-bond donors (Lipinski definition) is 0. The highest BCUT2D eigenvalue weighted by Crippen LogP contribution is 2.36. The van der Waals surface area contributed by atoms with Crippen LogP contribution >= 0.6 is 0 Å². The molecule has 0 fully saturated rings. The molecule has 20 heavy (non-hydrogen) atoms. The second-order valence-electron chi connectivity index (χ2n) is 6.67. The van der Waals surface area contributed by atoms with Gasteiger partial charge >= 0.3 is 0 Å². The smallest absolute Gasteiger partial charge is 0.192 e. The Balaban J connectivity index is 2.30. The van der Waals surface area contributed by atoms with E-state index in [1.54, 1.807) is 0 Å². The average molecular weight is 289 g/mol. The molecule has 1 aromatic carbocycles. The summed E-state index contributed by atoms with van der Waals surface area (Å²) in [5.41, 5.74) is 4.60. The van der Waals surface area contributed by atoms with Crippen molar-refractivity contribution in [2.24, 2.45) is 0 Å². The minimum Gasteiger partial charge on any atom is -0.413 e. The van der Waals surface area contributed by atoms with Gasteiger partial charge in [0.1, 0.15) is 0 Å². The van der Waals surface area contributed by atoms with E-state index < -0.39 is 8.32 Å². The van der Waals surface area contributed by atoms with Gasteiger partial charge < -0.3 is 4.43 Å². The van der Waals surface area contributed by atoms with Gasteiger partial charge in [0.05, 0.1) is 6.61 Å². The van der Waals surface area contributed by atoms with Crippen LogP contribution in [0.5, 0.6) is 0 Å². The van der Waals surface area contributed by atoms with Crippen LogP contribution in [0, 0.1) is 0 Å². The van der Waals surface area contributed by atoms with Crippen molar-refractivity contribution in [2.45, 2.75) is 51.7 Å². The summed E-state index contributed by atoms with van der Waals surface area (Å²) in [6, 6.07) is 10.6. The predicted octanol–water partition coefficient (Wildman–Crippen LogP) is 5.35. The molecule has 1 rings (SSSR count). The molecule has 0 N–H and O–H groups in total. The summed E-state index contributed by atoms with van der Waals surface area (Å²) < 4.78 is 6.06. The summed E-state index contributed by atoms with van der Waals surface area (Å²) in [5, 5.41) is 0.276. The third-order valence-corrected chi connectivity index (χ3v) is 8.49. The van der Waals surface area contributed by atoms with Gasteiger partial charge in [0.15, 0.2) is 8.32 Å². The first-order valence-electron chi connectivity index (χ1n) is 7.40. The van der Waals surface area contributed by atoms with E-state index in [4.69, 9.17) is 4.43 Å². The highest BCUT2D eigenvalue weighted by molar-refractivity contribution is 6.74. The standard InChI is InChI=1S/C18H28OSi/c1-18(2,3)20(4,5)19-16-12-7-6-9-13-17-14-10-8-11-15-17/h6,8,10-12,14-15H,9,13,16H2,1-5H3. The first-order valence-corrected chi connectivity index (χ1v) is 10.3. The van der Waals surface area contributed by atoms with Crippen LogP contribution in [0.1, 0.15) is 32.8 Å². The van der Waals surface area contributed by atoms with Gasteiger partial charge in [-0.2, -0.15) is 0 Å². The van der Waals surface area contributed by atoms with Crippen LogP contribution in [0.3, 0.4) is 0 Å². The quantitative estimate of drug-likeness (QED) is 0.506. The zero-order valence-corrected chi connectivity index (χ0v) is 14.6. The first-order chi connectivity index (χ1) is 9.33. The molecule has 0 radical (unpaired) electrons. The van der Waals surface area contributed by atoms with Crippen molar-refractivity contribution in [3.8, 4) is 0 Å². The van der Waals surface area contributed by atoms with Crippen LogP contribution in [0.15, 0.2) is 48.2 Å². The third kappa shape index (κ3) is 5.92. The van der Waals surface area contributed by atoms with E-state index in [1.165, 1.54) is 5.56 Å². The van der Waals surface area contributed by atoms with Crippen molar-refractivity contribution in [3.63, 3.8) is 0 Å². The zero-order valence-electron chi connectivity index (χ0n) is 13.6. The zero-order chi connectivity index (χ0) is 15.1. The van der Waals surface area contributed by atoms with Crippen LogP contribution in [-0.2, 0) is 10.8 Å². The van der Waals surface area contributed by atoms with Gasteiger partial charge in [0.2, 0.25) is 0 Å². The van der Waals surface area contributed by atoms with E-state index in [-0.39, 0.29) is 5.04 Å². The Labute approximate surface area is 125 Å². The Hall–Kier alpha value is -1.08. The number of hydrogen-bond acceptors (Lipinski definition) is 1. The molecular formula is C18H28OSi. The van der Waals surface area contributed by atoms with Crippen LogP contribution in [0.25, 0.3) is 0 Å². The normalized spacial score (nSPS) is 11.8. The average Bonchev–Trinajstić information content (AvgIpc) is 2.37. The number of aryl methyl sites for hydroxylation is 1. The fraction of sp³-hybridized carbons (Fsp3) is 0.500. The van der Waals surface area contributed by atoms with Crippen LogP contribution in [-0.4, -0.2) is 14.9 Å². The van der Waals surface area contributed by atoms with Gasteiger partial charge in [-0.15, -0.1) is 5.73 Å². The molecule has 0 amide bonds. The van der Waals surface area contributed by atoms with E-state index in [9.17, 15) is 0 Å². The highest BCUT2D eigenvalue weighted by atomic mass is 28.4. The Morgan fingerprint density at radius 2 is 1.75 bits per heavy atom. The lowest BCUT2D eigenvalue weighted by atomic mass is 10.1. The Morgan fingerprint density at radius 1 is 1.10 bits per heavy atom. The van der Waals surface area contributed by atoms with Crippen LogP contribution in [0.4, 0.5) is 0 Å². The van der Waals surface area contributed by atoms with Gasteiger partial charge in [0.25, 0.3) is 0 Å². The van der Waals surface area contributed by atoms with E-state index in [0.29, 0.717) is 6.61 Å². The Kier molecular flexibility index (Phi) is 6.48. The van der Waals surface area contributed by atoms with Gasteiger partial charge in [-0.25, -0.2) is 0 Å². The summed E-state index contributed by atoms with van der Waals surface area (Å²) >= 11 is 0. The molecule has 110 valence electrons. The van der Waals surface area contributed by atoms with E-state index >= 15 is 0 Å². The summed E-state index contributed by atoms with van der Waals surface area (Å²) in [6.45, 7) is 12.0. The molecule has 0 spiro atoms. The minimum absolute atomic E-state index is 0.276. The third-order valence-electron chi connectivity index (χ3n) is 3.99. The molecule has 0 aliphatic carbocycles. The molecule has 0 atom stereocenters. The van der Waals surface area contributed by atoms with Crippen LogP contribution in [0.2, 0.25) is 18.1 Å². The summed E-state index contributed by atoms with van der Waals surface area (Å²) in [5.74, 6) is 0. The van der Waals surface area contributed by atoms with Crippen molar-refractivity contribution in [1.82, 2.24) is 0 Å². The fourth-order valence-electron chi connectivity index (χ4n) is 1.56. The Morgan fingerprint density at radius 3 is 2.35 bits per heavy atom. The van der Waals surface area contributed by atoms with E-state index in [2.05, 4.69) is 76.0 Å². The largest absolute Gasteiger partial charge is 0.413 e. The lowest BCUT2D eigenvalue weighted by molar-refractivity contribution is 0.328. The first kappa shape index (κ1) is 17.0. The molecule has 1 aromatic rings. The summed E-state index contributed by atoms with van der Waals surface area (Å²) in [4.78, 5) is 0. The second kappa shape index (κ2) is 7.63. The fourth-order valence-corrected chi connectivity index (χ4v) is 2.50. The minimum atomic E-state index is -1.61. The van der Waals surface area contributed by atoms with Gasteiger partial charge in [-0.05, 0) is 48.7 Å². The van der Waals surface area contributed by atoms with E-state index in [0.717, 1.165) is 12.8 Å². The lowest BCUT2D eigenvalue weighted by Gasteiger charge is -2.35. The molecule has 0 heterocycles. The molecule has 0 unspecified atom stereocenters. The summed E-state index contributed by atoms with van der Waals surface area (Å²) in [6.07, 6.45) is 6.21. The maximum absolute atomic E-state index is 6.06.